The van der Waals surface area contributed by atoms with Crippen molar-refractivity contribution >= 4 is 5.52 Å². The number of hydrogen-bond acceptors (Lipinski definition) is 2. The van der Waals surface area contributed by atoms with Crippen molar-refractivity contribution in [1.82, 2.24) is 8.97 Å². The fourth-order valence-corrected chi connectivity index (χ4v) is 1.36. The molecular formula is C9H7N3O. The van der Waals surface area contributed by atoms with Crippen molar-refractivity contribution in [1.29, 1.82) is 5.26 Å². The van der Waals surface area contributed by atoms with Crippen LogP contribution in [0.1, 0.15) is 5.69 Å². The van der Waals surface area contributed by atoms with E-state index in [4.69, 9.17) is 5.26 Å². The summed E-state index contributed by atoms with van der Waals surface area (Å²) < 4.78 is 2.80. The molecule has 0 aliphatic carbocycles. The van der Waals surface area contributed by atoms with Gasteiger partial charge in [0.25, 0.3) is 0 Å². The van der Waals surface area contributed by atoms with Crippen LogP contribution in [-0.4, -0.2) is 8.97 Å². The van der Waals surface area contributed by atoms with Crippen LogP contribution in [0.4, 0.5) is 0 Å². The number of imidazole rings is 1. The Morgan fingerprint density at radius 3 is 2.92 bits per heavy atom. The van der Waals surface area contributed by atoms with E-state index in [1.807, 2.05) is 6.07 Å². The molecule has 0 N–H and O–H groups in total. The van der Waals surface area contributed by atoms with Crippen molar-refractivity contribution in [3.8, 4) is 6.07 Å². The lowest BCUT2D eigenvalue weighted by molar-refractivity contribution is 0.828. The molecule has 64 valence electrons. The lowest BCUT2D eigenvalue weighted by Crippen LogP contribution is -2.17. The molecule has 0 saturated carbocycles. The molecule has 0 amide bonds. The molecule has 4 heteroatoms. The van der Waals surface area contributed by atoms with E-state index in [2.05, 4.69) is 0 Å². The minimum absolute atomic E-state index is 0.188. The van der Waals surface area contributed by atoms with Gasteiger partial charge >= 0.3 is 5.69 Å². The van der Waals surface area contributed by atoms with E-state index in [9.17, 15) is 4.79 Å². The van der Waals surface area contributed by atoms with Crippen LogP contribution in [0.15, 0.2) is 29.2 Å². The Kier molecular flexibility index (Phi) is 1.46. The molecule has 0 aromatic carbocycles. The number of aromatic nitrogens is 2. The lowest BCUT2D eigenvalue weighted by atomic mass is 10.3. The second kappa shape index (κ2) is 2.49. The molecule has 0 bridgehead atoms. The van der Waals surface area contributed by atoms with E-state index in [1.54, 1.807) is 31.4 Å². The van der Waals surface area contributed by atoms with Crippen molar-refractivity contribution in [3.63, 3.8) is 0 Å². The van der Waals surface area contributed by atoms with Gasteiger partial charge in [-0.3, -0.25) is 8.97 Å². The molecule has 0 atom stereocenters. The van der Waals surface area contributed by atoms with Crippen LogP contribution in [-0.2, 0) is 7.05 Å². The SMILES string of the molecule is Cn1c(C#N)c2ccccn2c1=O. The zero-order valence-corrected chi connectivity index (χ0v) is 7.06. The third-order valence-electron chi connectivity index (χ3n) is 2.04. The summed E-state index contributed by atoms with van der Waals surface area (Å²) in [5.41, 5.74) is 0.857. The second-order valence-corrected chi connectivity index (χ2v) is 2.76. The van der Waals surface area contributed by atoms with Crippen molar-refractivity contribution in [2.24, 2.45) is 7.05 Å². The number of fused-ring (bicyclic) bond motifs is 1. The van der Waals surface area contributed by atoms with Gasteiger partial charge < -0.3 is 0 Å². The molecule has 0 aliphatic heterocycles. The maximum atomic E-state index is 11.5. The topological polar surface area (TPSA) is 50.2 Å². The zero-order chi connectivity index (χ0) is 9.42. The van der Waals surface area contributed by atoms with Gasteiger partial charge in [0.05, 0.1) is 5.52 Å². The number of rotatable bonds is 0. The van der Waals surface area contributed by atoms with Gasteiger partial charge in [0.15, 0.2) is 0 Å². The monoisotopic (exact) mass is 173 g/mol. The Balaban J connectivity index is 3.10. The smallest absolute Gasteiger partial charge is 0.286 e. The molecule has 0 saturated heterocycles. The first-order valence-electron chi connectivity index (χ1n) is 3.82. The van der Waals surface area contributed by atoms with Gasteiger partial charge in [-0.05, 0) is 12.1 Å². The molecule has 2 aromatic rings. The molecule has 2 rings (SSSR count). The van der Waals surface area contributed by atoms with Gasteiger partial charge in [0, 0.05) is 13.2 Å². The van der Waals surface area contributed by atoms with Gasteiger partial charge in [-0.15, -0.1) is 0 Å². The van der Waals surface area contributed by atoms with Gasteiger partial charge in [0.1, 0.15) is 11.8 Å². The Labute approximate surface area is 74.3 Å². The van der Waals surface area contributed by atoms with Crippen LogP contribution in [0, 0.1) is 11.3 Å². The number of nitrogens with zero attached hydrogens (tertiary/aromatic N) is 3. The normalized spacial score (nSPS) is 10.2. The number of hydrogen-bond donors (Lipinski definition) is 0. The highest BCUT2D eigenvalue weighted by Gasteiger charge is 2.08. The second-order valence-electron chi connectivity index (χ2n) is 2.76. The number of pyridine rings is 1. The largest absolute Gasteiger partial charge is 0.333 e. The molecule has 0 fully saturated rings. The molecule has 0 aliphatic rings. The van der Waals surface area contributed by atoms with E-state index < -0.39 is 0 Å². The summed E-state index contributed by atoms with van der Waals surface area (Å²) in [6.07, 6.45) is 1.65. The molecule has 4 nitrogen and oxygen atoms in total. The fraction of sp³-hybridized carbons (Fsp3) is 0.111. The maximum Gasteiger partial charge on any atom is 0.333 e. The van der Waals surface area contributed by atoms with E-state index >= 15 is 0 Å². The predicted molar refractivity (Wildman–Crippen MR) is 47.4 cm³/mol. The van der Waals surface area contributed by atoms with E-state index in [0.29, 0.717) is 11.2 Å². The summed E-state index contributed by atoms with van der Waals surface area (Å²) in [4.78, 5) is 11.5. The maximum absolute atomic E-state index is 11.5. The highest BCUT2D eigenvalue weighted by atomic mass is 16.1. The van der Waals surface area contributed by atoms with Crippen molar-refractivity contribution < 1.29 is 0 Å². The van der Waals surface area contributed by atoms with Gasteiger partial charge in [0.2, 0.25) is 0 Å². The minimum atomic E-state index is -0.188. The van der Waals surface area contributed by atoms with Crippen molar-refractivity contribution in [3.05, 3.63) is 40.6 Å². The van der Waals surface area contributed by atoms with E-state index in [1.165, 1.54) is 8.97 Å². The Bertz CT molecular complexity index is 556. The number of nitriles is 1. The summed E-state index contributed by atoms with van der Waals surface area (Å²) in [7, 11) is 1.59. The summed E-state index contributed by atoms with van der Waals surface area (Å²) in [6.45, 7) is 0. The zero-order valence-electron chi connectivity index (χ0n) is 7.06. The van der Waals surface area contributed by atoms with E-state index in [0.717, 1.165) is 0 Å². The summed E-state index contributed by atoms with van der Waals surface area (Å²) >= 11 is 0. The average molecular weight is 173 g/mol. The fourth-order valence-electron chi connectivity index (χ4n) is 1.36. The summed E-state index contributed by atoms with van der Waals surface area (Å²) in [5, 5.41) is 8.81. The molecule has 13 heavy (non-hydrogen) atoms. The standard InChI is InChI=1S/C9H7N3O/c1-11-8(6-10)7-4-2-3-5-12(7)9(11)13/h2-5H,1H3. The van der Waals surface area contributed by atoms with Gasteiger partial charge in [-0.2, -0.15) is 5.26 Å². The van der Waals surface area contributed by atoms with Crippen LogP contribution in [0.2, 0.25) is 0 Å². The summed E-state index contributed by atoms with van der Waals surface area (Å²) in [5.74, 6) is 0. The molecule has 2 aromatic heterocycles. The van der Waals surface area contributed by atoms with Crippen LogP contribution in [0.25, 0.3) is 5.52 Å². The van der Waals surface area contributed by atoms with Crippen LogP contribution in [0.5, 0.6) is 0 Å². The van der Waals surface area contributed by atoms with E-state index in [-0.39, 0.29) is 5.69 Å². The van der Waals surface area contributed by atoms with Crippen molar-refractivity contribution in [2.75, 3.05) is 0 Å². The van der Waals surface area contributed by atoms with Crippen molar-refractivity contribution in [2.45, 2.75) is 0 Å². The Hall–Kier alpha value is -2.02. The van der Waals surface area contributed by atoms with Gasteiger partial charge in [-0.25, -0.2) is 4.79 Å². The first kappa shape index (κ1) is 7.62. The van der Waals surface area contributed by atoms with Crippen LogP contribution in [0.3, 0.4) is 0 Å². The summed E-state index contributed by atoms with van der Waals surface area (Å²) in [6, 6.07) is 7.31. The first-order valence-corrected chi connectivity index (χ1v) is 3.82. The Morgan fingerprint density at radius 2 is 2.23 bits per heavy atom. The van der Waals surface area contributed by atoms with Crippen LogP contribution >= 0.6 is 0 Å². The Morgan fingerprint density at radius 1 is 1.46 bits per heavy atom. The molecule has 0 spiro atoms. The third-order valence-corrected chi connectivity index (χ3v) is 2.04. The first-order chi connectivity index (χ1) is 6.25. The predicted octanol–water partition coefficient (Wildman–Crippen LogP) is 0.510. The molecule has 2 heterocycles. The average Bonchev–Trinajstić information content (AvgIpc) is 2.41. The van der Waals surface area contributed by atoms with Gasteiger partial charge in [-0.1, -0.05) is 6.07 Å². The third kappa shape index (κ3) is 0.873. The quantitative estimate of drug-likeness (QED) is 0.582. The lowest BCUT2D eigenvalue weighted by Gasteiger charge is -1.88. The highest BCUT2D eigenvalue weighted by molar-refractivity contribution is 5.57. The molecule has 0 unspecified atom stereocenters. The van der Waals surface area contributed by atoms with Crippen LogP contribution < -0.4 is 5.69 Å². The molecular weight excluding hydrogens is 166 g/mol. The molecule has 0 radical (unpaired) electrons. The highest BCUT2D eigenvalue weighted by Crippen LogP contribution is 2.05. The minimum Gasteiger partial charge on any atom is -0.286 e.